The van der Waals surface area contributed by atoms with Crippen molar-refractivity contribution >= 4 is 11.3 Å². The molecule has 0 aliphatic rings. The largest absolute Gasteiger partial charge is 0.312 e. The topological polar surface area (TPSA) is 12.0 Å². The normalized spacial score (nSPS) is 9.85. The van der Waals surface area contributed by atoms with Crippen molar-refractivity contribution in [2.75, 3.05) is 6.54 Å². The lowest BCUT2D eigenvalue weighted by atomic mass is 10.3. The molecule has 0 spiro atoms. The van der Waals surface area contributed by atoms with Crippen molar-refractivity contribution in [3.63, 3.8) is 0 Å². The summed E-state index contributed by atoms with van der Waals surface area (Å²) < 4.78 is 0. The quantitative estimate of drug-likeness (QED) is 0.560. The maximum absolute atomic E-state index is 5.15. The fraction of sp³-hybridized carbons (Fsp3) is 0.455. The minimum atomic E-state index is 0.871. The van der Waals surface area contributed by atoms with Gasteiger partial charge in [0.15, 0.2) is 0 Å². The van der Waals surface area contributed by atoms with Gasteiger partial charge < -0.3 is 5.32 Å². The molecule has 0 aromatic carbocycles. The Morgan fingerprint density at radius 3 is 3.00 bits per heavy atom. The molecular formula is C11H15NS. The van der Waals surface area contributed by atoms with E-state index in [1.807, 2.05) is 11.3 Å². The van der Waals surface area contributed by atoms with Crippen molar-refractivity contribution in [1.82, 2.24) is 5.32 Å². The van der Waals surface area contributed by atoms with E-state index in [1.165, 1.54) is 9.75 Å². The van der Waals surface area contributed by atoms with Gasteiger partial charge >= 0.3 is 0 Å². The average molecular weight is 193 g/mol. The second kappa shape index (κ2) is 5.80. The Bertz CT molecular complexity index is 283. The first-order valence-corrected chi connectivity index (χ1v) is 5.34. The van der Waals surface area contributed by atoms with Crippen LogP contribution in [-0.4, -0.2) is 6.54 Å². The molecule has 1 rings (SSSR count). The maximum atomic E-state index is 5.15. The van der Waals surface area contributed by atoms with E-state index in [0.29, 0.717) is 0 Å². The summed E-state index contributed by atoms with van der Waals surface area (Å²) in [5.41, 5.74) is 0. The first kappa shape index (κ1) is 10.3. The molecule has 1 aromatic rings. The summed E-state index contributed by atoms with van der Waals surface area (Å²) in [5, 5.41) is 3.36. The average Bonchev–Trinajstić information content (AvgIpc) is 2.51. The SMILES string of the molecule is C#CCCCNCc1ccc(C)s1. The van der Waals surface area contributed by atoms with Crippen LogP contribution in [0.15, 0.2) is 12.1 Å². The molecule has 0 atom stereocenters. The van der Waals surface area contributed by atoms with E-state index in [9.17, 15) is 0 Å². The number of hydrogen-bond donors (Lipinski definition) is 1. The highest BCUT2D eigenvalue weighted by Crippen LogP contribution is 2.14. The molecule has 1 N–H and O–H groups in total. The molecule has 1 heterocycles. The Morgan fingerprint density at radius 1 is 1.54 bits per heavy atom. The van der Waals surface area contributed by atoms with Gasteiger partial charge in [0.05, 0.1) is 0 Å². The summed E-state index contributed by atoms with van der Waals surface area (Å²) in [4.78, 5) is 2.78. The molecule has 0 aliphatic carbocycles. The number of rotatable bonds is 5. The first-order valence-electron chi connectivity index (χ1n) is 4.52. The summed E-state index contributed by atoms with van der Waals surface area (Å²) in [6.45, 7) is 4.12. The lowest BCUT2D eigenvalue weighted by Gasteiger charge is -1.99. The van der Waals surface area contributed by atoms with Crippen LogP contribution in [0.2, 0.25) is 0 Å². The fourth-order valence-electron chi connectivity index (χ4n) is 1.11. The number of terminal acetylenes is 1. The van der Waals surface area contributed by atoms with E-state index >= 15 is 0 Å². The summed E-state index contributed by atoms with van der Waals surface area (Å²) in [6.07, 6.45) is 7.09. The number of hydrogen-bond acceptors (Lipinski definition) is 2. The highest BCUT2D eigenvalue weighted by atomic mass is 32.1. The van der Waals surface area contributed by atoms with E-state index in [0.717, 1.165) is 25.9 Å². The molecule has 0 unspecified atom stereocenters. The third kappa shape index (κ3) is 4.12. The maximum Gasteiger partial charge on any atom is 0.0299 e. The number of unbranched alkanes of at least 4 members (excludes halogenated alkanes) is 1. The van der Waals surface area contributed by atoms with Crippen LogP contribution >= 0.6 is 11.3 Å². The van der Waals surface area contributed by atoms with Gasteiger partial charge in [0.25, 0.3) is 0 Å². The van der Waals surface area contributed by atoms with Crippen LogP contribution in [0.4, 0.5) is 0 Å². The molecule has 2 heteroatoms. The van der Waals surface area contributed by atoms with Crippen molar-refractivity contribution in [3.05, 3.63) is 21.9 Å². The molecule has 1 aromatic heterocycles. The Kier molecular flexibility index (Phi) is 4.59. The van der Waals surface area contributed by atoms with Crippen LogP contribution < -0.4 is 5.32 Å². The Hall–Kier alpha value is -0.780. The molecule has 0 saturated carbocycles. The molecule has 13 heavy (non-hydrogen) atoms. The van der Waals surface area contributed by atoms with Crippen LogP contribution in [0.25, 0.3) is 0 Å². The van der Waals surface area contributed by atoms with Gasteiger partial charge in [-0.3, -0.25) is 0 Å². The molecule has 0 bridgehead atoms. The van der Waals surface area contributed by atoms with Crippen LogP contribution in [-0.2, 0) is 6.54 Å². The number of thiophene rings is 1. The van der Waals surface area contributed by atoms with Crippen molar-refractivity contribution in [3.8, 4) is 12.3 Å². The minimum Gasteiger partial charge on any atom is -0.312 e. The zero-order valence-electron chi connectivity index (χ0n) is 7.97. The molecule has 0 saturated heterocycles. The van der Waals surface area contributed by atoms with E-state index in [2.05, 4.69) is 30.3 Å². The Balaban J connectivity index is 2.10. The van der Waals surface area contributed by atoms with E-state index in [1.54, 1.807) is 0 Å². The predicted molar refractivity (Wildman–Crippen MR) is 58.8 cm³/mol. The lowest BCUT2D eigenvalue weighted by Crippen LogP contribution is -2.13. The lowest BCUT2D eigenvalue weighted by molar-refractivity contribution is 0.664. The number of nitrogens with one attached hydrogen (secondary N) is 1. The van der Waals surface area contributed by atoms with Crippen LogP contribution in [0.5, 0.6) is 0 Å². The molecule has 0 amide bonds. The van der Waals surface area contributed by atoms with Crippen molar-refractivity contribution < 1.29 is 0 Å². The van der Waals surface area contributed by atoms with Crippen LogP contribution in [0.3, 0.4) is 0 Å². The van der Waals surface area contributed by atoms with E-state index in [4.69, 9.17) is 6.42 Å². The monoisotopic (exact) mass is 193 g/mol. The summed E-state index contributed by atoms with van der Waals surface area (Å²) in [6, 6.07) is 4.33. The Labute approximate surface area is 84.2 Å². The third-order valence-electron chi connectivity index (χ3n) is 1.77. The van der Waals surface area contributed by atoms with Crippen LogP contribution in [0.1, 0.15) is 22.6 Å². The smallest absolute Gasteiger partial charge is 0.0299 e. The highest BCUT2D eigenvalue weighted by molar-refractivity contribution is 7.11. The molecular weight excluding hydrogens is 178 g/mol. The van der Waals surface area contributed by atoms with Gasteiger partial charge in [-0.1, -0.05) is 0 Å². The van der Waals surface area contributed by atoms with Gasteiger partial charge in [-0.25, -0.2) is 0 Å². The zero-order chi connectivity index (χ0) is 9.52. The van der Waals surface area contributed by atoms with Crippen molar-refractivity contribution in [2.45, 2.75) is 26.3 Å². The molecule has 1 nitrogen and oxygen atoms in total. The van der Waals surface area contributed by atoms with Gasteiger partial charge in [-0.05, 0) is 32.0 Å². The summed E-state index contributed by atoms with van der Waals surface area (Å²) >= 11 is 1.85. The fourth-order valence-corrected chi connectivity index (χ4v) is 1.97. The summed E-state index contributed by atoms with van der Waals surface area (Å²) in [5.74, 6) is 2.63. The molecule has 0 aliphatic heterocycles. The molecule has 70 valence electrons. The second-order valence-electron chi connectivity index (χ2n) is 3.00. The third-order valence-corrected chi connectivity index (χ3v) is 2.77. The standard InChI is InChI=1S/C11H15NS/c1-3-4-5-8-12-9-11-7-6-10(2)13-11/h1,6-7,12H,4-5,8-9H2,2H3. The zero-order valence-corrected chi connectivity index (χ0v) is 8.79. The van der Waals surface area contributed by atoms with Crippen molar-refractivity contribution in [2.24, 2.45) is 0 Å². The second-order valence-corrected chi connectivity index (χ2v) is 4.37. The summed E-state index contributed by atoms with van der Waals surface area (Å²) in [7, 11) is 0. The van der Waals surface area contributed by atoms with Crippen molar-refractivity contribution in [1.29, 1.82) is 0 Å². The predicted octanol–water partition coefficient (Wildman–Crippen LogP) is 2.56. The van der Waals surface area contributed by atoms with Gasteiger partial charge in [-0.15, -0.1) is 23.7 Å². The van der Waals surface area contributed by atoms with E-state index < -0.39 is 0 Å². The Morgan fingerprint density at radius 2 is 2.38 bits per heavy atom. The molecule has 0 radical (unpaired) electrons. The van der Waals surface area contributed by atoms with E-state index in [-0.39, 0.29) is 0 Å². The molecule has 0 fully saturated rings. The van der Waals surface area contributed by atoms with Crippen LogP contribution in [0, 0.1) is 19.3 Å². The highest BCUT2D eigenvalue weighted by Gasteiger charge is 1.94. The van der Waals surface area contributed by atoms with Gasteiger partial charge in [0, 0.05) is 22.7 Å². The van der Waals surface area contributed by atoms with Gasteiger partial charge in [0.1, 0.15) is 0 Å². The minimum absolute atomic E-state index is 0.871. The number of aryl methyl sites for hydroxylation is 1. The first-order chi connectivity index (χ1) is 6.33. The van der Waals surface area contributed by atoms with Gasteiger partial charge in [-0.2, -0.15) is 0 Å². The van der Waals surface area contributed by atoms with Gasteiger partial charge in [0.2, 0.25) is 0 Å².